The van der Waals surface area contributed by atoms with Gasteiger partial charge in [0, 0.05) is 10.8 Å². The third-order valence-corrected chi connectivity index (χ3v) is 6.16. The number of phenolic OH excluding ortho intramolecular Hbond substituents is 1. The molecule has 0 heterocycles. The summed E-state index contributed by atoms with van der Waals surface area (Å²) < 4.78 is 61.5. The molecule has 0 atom stereocenters. The summed E-state index contributed by atoms with van der Waals surface area (Å²) in [7, 11) is -9.31. The van der Waals surface area contributed by atoms with Crippen LogP contribution in [0.3, 0.4) is 0 Å². The highest BCUT2D eigenvalue weighted by Gasteiger charge is 2.26. The number of fused-ring (bicyclic) bond motifs is 1. The second-order valence-electron chi connectivity index (χ2n) is 6.19. The van der Waals surface area contributed by atoms with Gasteiger partial charge < -0.3 is 5.11 Å². The Morgan fingerprint density at radius 2 is 1.50 bits per heavy atom. The van der Waals surface area contributed by atoms with Crippen molar-refractivity contribution in [3.63, 3.8) is 0 Å². The van der Waals surface area contributed by atoms with E-state index in [1.165, 1.54) is 24.3 Å². The average molecular weight is 420 g/mol. The molecule has 146 valence electrons. The second-order valence-corrected chi connectivity index (χ2v) is 9.13. The van der Waals surface area contributed by atoms with E-state index >= 15 is 0 Å². The Morgan fingerprint density at radius 3 is 2.11 bits per heavy atom. The lowest BCUT2D eigenvalue weighted by atomic mass is 10.1. The molecule has 0 aliphatic rings. The van der Waals surface area contributed by atoms with Gasteiger partial charge in [0.1, 0.15) is 15.5 Å². The van der Waals surface area contributed by atoms with Crippen LogP contribution in [-0.4, -0.2) is 26.5 Å². The predicted molar refractivity (Wildman–Crippen MR) is 103 cm³/mol. The molecule has 3 rings (SSSR count). The maximum atomic E-state index is 12.6. The molecule has 0 bridgehead atoms. The van der Waals surface area contributed by atoms with Crippen LogP contribution in [0.15, 0.2) is 68.0 Å². The lowest BCUT2D eigenvalue weighted by Crippen LogP contribution is -2.04. The first kappa shape index (κ1) is 19.9. The van der Waals surface area contributed by atoms with Gasteiger partial charge in [-0.2, -0.15) is 16.8 Å². The minimum Gasteiger partial charge on any atom is -0.506 e. The van der Waals surface area contributed by atoms with Crippen molar-refractivity contribution in [3.05, 3.63) is 59.7 Å². The van der Waals surface area contributed by atoms with Crippen molar-refractivity contribution in [1.82, 2.24) is 0 Å². The maximum absolute atomic E-state index is 12.6. The van der Waals surface area contributed by atoms with E-state index in [0.29, 0.717) is 17.3 Å². The molecule has 0 unspecified atom stereocenters. The van der Waals surface area contributed by atoms with E-state index in [0.717, 1.165) is 5.56 Å². The molecule has 3 aromatic rings. The highest BCUT2D eigenvalue weighted by molar-refractivity contribution is 7.90. The number of aryl methyl sites for hydroxylation is 2. The van der Waals surface area contributed by atoms with Crippen molar-refractivity contribution in [2.75, 3.05) is 0 Å². The number of rotatable bonds is 4. The molecule has 3 aromatic carbocycles. The monoisotopic (exact) mass is 420 g/mol. The van der Waals surface area contributed by atoms with Crippen LogP contribution in [0.2, 0.25) is 0 Å². The Labute approximate surface area is 162 Å². The maximum Gasteiger partial charge on any atom is 0.303 e. The fourth-order valence-corrected chi connectivity index (χ4v) is 4.47. The molecule has 0 aliphatic heterocycles. The molecule has 8 nitrogen and oxygen atoms in total. The molecular weight excluding hydrogens is 404 g/mol. The van der Waals surface area contributed by atoms with Gasteiger partial charge in [0.15, 0.2) is 0 Å². The normalized spacial score (nSPS) is 12.7. The minimum absolute atomic E-state index is 0.0206. The summed E-state index contributed by atoms with van der Waals surface area (Å²) in [4.78, 5) is -1.42. The van der Waals surface area contributed by atoms with E-state index in [-0.39, 0.29) is 10.8 Å². The van der Waals surface area contributed by atoms with Gasteiger partial charge in [-0.1, -0.05) is 46.5 Å². The molecule has 0 spiro atoms. The van der Waals surface area contributed by atoms with Gasteiger partial charge in [0.05, 0.1) is 5.69 Å². The van der Waals surface area contributed by atoms with Crippen molar-refractivity contribution in [3.8, 4) is 5.75 Å². The van der Waals surface area contributed by atoms with Gasteiger partial charge in [-0.15, -0.1) is 5.11 Å². The van der Waals surface area contributed by atoms with Crippen LogP contribution in [0.4, 0.5) is 5.69 Å². The van der Waals surface area contributed by atoms with E-state index in [1.54, 1.807) is 25.1 Å². The second kappa shape index (κ2) is 6.97. The quantitative estimate of drug-likeness (QED) is 0.486. The zero-order valence-corrected chi connectivity index (χ0v) is 16.5. The zero-order valence-electron chi connectivity index (χ0n) is 14.9. The van der Waals surface area contributed by atoms with E-state index in [1.807, 2.05) is 6.92 Å². The number of hydrogen-bond acceptors (Lipinski definition) is 6. The van der Waals surface area contributed by atoms with Crippen LogP contribution in [0.1, 0.15) is 11.1 Å². The Bertz CT molecular complexity index is 1330. The molecule has 0 aromatic heterocycles. The van der Waals surface area contributed by atoms with Crippen molar-refractivity contribution >= 4 is 36.6 Å². The van der Waals surface area contributed by atoms with Gasteiger partial charge in [-0.3, -0.25) is 4.55 Å². The number of hydrogen-bond donors (Lipinski definition) is 2. The van der Waals surface area contributed by atoms with Gasteiger partial charge in [0.2, 0.25) is 0 Å². The summed E-state index contributed by atoms with van der Waals surface area (Å²) in [5.74, 6) is -0.678. The van der Waals surface area contributed by atoms with Crippen LogP contribution in [0.25, 0.3) is 10.8 Å². The van der Waals surface area contributed by atoms with E-state index < -0.39 is 35.7 Å². The fourth-order valence-electron chi connectivity index (χ4n) is 2.77. The first-order chi connectivity index (χ1) is 13.0. The number of aromatic hydroxyl groups is 1. The molecule has 0 amide bonds. The molecule has 0 saturated heterocycles. The Balaban J connectivity index is 2.22. The standard InChI is InChI=1S/C18H16N2O6S2/c1-11-7-8-15(12(2)9-11)19-20-27(22,23)17-10-16(28(24,25)26)13-5-3-4-6-14(13)18(17)21/h3-10,21H,1-2H3,(H,24,25,26). The predicted octanol–water partition coefficient (Wildman–Crippen LogP) is 3.88. The highest BCUT2D eigenvalue weighted by atomic mass is 32.2. The Kier molecular flexibility index (Phi) is 4.96. The molecule has 10 heteroatoms. The third-order valence-electron chi connectivity index (χ3n) is 4.11. The first-order valence-electron chi connectivity index (χ1n) is 7.98. The minimum atomic E-state index is -4.76. The van der Waals surface area contributed by atoms with Gasteiger partial charge in [0.25, 0.3) is 10.1 Å². The van der Waals surface area contributed by atoms with Crippen molar-refractivity contribution in [2.45, 2.75) is 23.6 Å². The van der Waals surface area contributed by atoms with Crippen molar-refractivity contribution in [1.29, 1.82) is 0 Å². The van der Waals surface area contributed by atoms with Crippen molar-refractivity contribution in [2.24, 2.45) is 9.63 Å². The van der Waals surface area contributed by atoms with Crippen molar-refractivity contribution < 1.29 is 26.5 Å². The lowest BCUT2D eigenvalue weighted by molar-refractivity contribution is 0.463. The first-order valence-corrected chi connectivity index (χ1v) is 10.9. The summed E-state index contributed by atoms with van der Waals surface area (Å²) in [5.41, 5.74) is 1.97. The molecular formula is C18H16N2O6S2. The SMILES string of the molecule is Cc1ccc(N=NS(=O)(=O)c2cc(S(=O)(=O)O)c3ccccc3c2O)c(C)c1. The molecule has 2 N–H and O–H groups in total. The van der Waals surface area contributed by atoms with Crippen LogP contribution in [-0.2, 0) is 20.1 Å². The average Bonchev–Trinajstić information content (AvgIpc) is 2.60. The lowest BCUT2D eigenvalue weighted by Gasteiger charge is -2.10. The Morgan fingerprint density at radius 1 is 0.857 bits per heavy atom. The molecule has 0 saturated carbocycles. The number of nitrogens with zero attached hydrogens (tertiary/aromatic N) is 2. The number of sulfonamides is 1. The summed E-state index contributed by atoms with van der Waals surface area (Å²) in [6.07, 6.45) is 0. The molecule has 0 radical (unpaired) electrons. The largest absolute Gasteiger partial charge is 0.506 e. The van der Waals surface area contributed by atoms with Gasteiger partial charge >= 0.3 is 10.0 Å². The summed E-state index contributed by atoms with van der Waals surface area (Å²) in [6.45, 7) is 3.60. The smallest absolute Gasteiger partial charge is 0.303 e. The van der Waals surface area contributed by atoms with Gasteiger partial charge in [-0.05, 0) is 31.5 Å². The van der Waals surface area contributed by atoms with Crippen LogP contribution in [0, 0.1) is 13.8 Å². The third kappa shape index (κ3) is 3.75. The summed E-state index contributed by atoms with van der Waals surface area (Å²) >= 11 is 0. The Hall–Kier alpha value is -2.82. The zero-order chi connectivity index (χ0) is 20.7. The van der Waals surface area contributed by atoms with Crippen LogP contribution < -0.4 is 0 Å². The fraction of sp³-hybridized carbons (Fsp3) is 0.111. The number of benzene rings is 3. The molecule has 0 aliphatic carbocycles. The highest BCUT2D eigenvalue weighted by Crippen LogP contribution is 2.37. The molecule has 28 heavy (non-hydrogen) atoms. The van der Waals surface area contributed by atoms with E-state index in [9.17, 15) is 26.5 Å². The summed E-state index contributed by atoms with van der Waals surface area (Å²) in [5, 5.41) is 14.1. The van der Waals surface area contributed by atoms with Crippen LogP contribution >= 0.6 is 0 Å². The topological polar surface area (TPSA) is 133 Å². The van der Waals surface area contributed by atoms with E-state index in [2.05, 4.69) is 9.63 Å². The number of phenols is 1. The molecule has 0 fully saturated rings. The van der Waals surface area contributed by atoms with Crippen LogP contribution in [0.5, 0.6) is 5.75 Å². The summed E-state index contributed by atoms with van der Waals surface area (Å²) in [6, 6.07) is 11.4. The van der Waals surface area contributed by atoms with Gasteiger partial charge in [-0.25, -0.2) is 0 Å². The van der Waals surface area contributed by atoms with E-state index in [4.69, 9.17) is 0 Å².